The molecule has 0 amide bonds. The molecule has 2 aliphatic heterocycles. The van der Waals surface area contributed by atoms with Gasteiger partial charge in [0.2, 0.25) is 5.88 Å². The molecule has 0 spiro atoms. The summed E-state index contributed by atoms with van der Waals surface area (Å²) in [5.41, 5.74) is 25.8. The minimum absolute atomic E-state index is 0.00309. The number of furan rings is 1. The van der Waals surface area contributed by atoms with Crippen molar-refractivity contribution in [2.45, 2.75) is 245 Å². The summed E-state index contributed by atoms with van der Waals surface area (Å²) in [6.07, 6.45) is 16.2. The van der Waals surface area contributed by atoms with E-state index in [2.05, 4.69) is 252 Å². The summed E-state index contributed by atoms with van der Waals surface area (Å²) in [5.74, 6) is 2.09. The summed E-state index contributed by atoms with van der Waals surface area (Å²) in [5, 5.41) is 0. The third-order valence-corrected chi connectivity index (χ3v) is 20.8. The van der Waals surface area contributed by atoms with Crippen molar-refractivity contribution in [2.75, 3.05) is 9.80 Å². The minimum Gasteiger partial charge on any atom is -0.444 e. The maximum atomic E-state index is 7.87. The maximum Gasteiger partial charge on any atom is 0.256 e. The molecule has 12 rings (SSSR count). The third kappa shape index (κ3) is 8.57. The van der Waals surface area contributed by atoms with Gasteiger partial charge in [0.25, 0.3) is 6.71 Å². The Labute approximate surface area is 484 Å². The first-order valence-electron chi connectivity index (χ1n) is 30.8. The van der Waals surface area contributed by atoms with Gasteiger partial charge in [0.15, 0.2) is 0 Å². The van der Waals surface area contributed by atoms with Gasteiger partial charge in [-0.05, 0) is 233 Å². The SMILES string of the molecule is CC(C)(C)c1c#cc(N2c3cc(-c4cc5c(cc4C4=CCCC=C4)C(C)(C)CCC5(C)C)cc4c3B(c3cc5c(cc3N4c3cc(C(C)(C)C)cc(C(C)(C)C)c3)C(C)(C)CCC5(C)C)c3c2oc2c3C(C)(C)CCC2(C)C)cc1. The normalized spacial score (nSPS) is 20.6. The molecule has 0 saturated heterocycles. The minimum atomic E-state index is -0.165. The Morgan fingerprint density at radius 2 is 1.01 bits per heavy atom. The van der Waals surface area contributed by atoms with Crippen LogP contribution in [-0.2, 0) is 48.7 Å². The van der Waals surface area contributed by atoms with Gasteiger partial charge in [0.05, 0.1) is 5.69 Å². The molecule has 6 aromatic rings. The van der Waals surface area contributed by atoms with E-state index in [1.54, 1.807) is 0 Å². The van der Waals surface area contributed by atoms with Gasteiger partial charge in [-0.25, -0.2) is 0 Å². The van der Waals surface area contributed by atoms with Gasteiger partial charge < -0.3 is 9.32 Å². The van der Waals surface area contributed by atoms with Crippen LogP contribution in [0.15, 0.2) is 89.4 Å². The van der Waals surface area contributed by atoms with Crippen LogP contribution in [-0.4, -0.2) is 6.71 Å². The number of fused-ring (bicyclic) bond motifs is 8. The summed E-state index contributed by atoms with van der Waals surface area (Å²) in [6.45, 7) is 50.9. The van der Waals surface area contributed by atoms with Crippen molar-refractivity contribution in [3.63, 3.8) is 0 Å². The molecule has 0 unspecified atom stereocenters. The lowest BCUT2D eigenvalue weighted by molar-refractivity contribution is 0.280. The highest BCUT2D eigenvalue weighted by Crippen LogP contribution is 2.57. The van der Waals surface area contributed by atoms with E-state index in [1.165, 1.54) is 101 Å². The molecule has 0 radical (unpaired) electrons. The lowest BCUT2D eigenvalue weighted by atomic mass is 9.32. The Hall–Kier alpha value is -5.66. The van der Waals surface area contributed by atoms with E-state index in [-0.39, 0.29) is 55.4 Å². The third-order valence-electron chi connectivity index (χ3n) is 20.8. The zero-order valence-electron chi connectivity index (χ0n) is 53.1. The molecule has 0 saturated carbocycles. The molecule has 4 heteroatoms. The van der Waals surface area contributed by atoms with Crippen molar-refractivity contribution in [1.29, 1.82) is 0 Å². The van der Waals surface area contributed by atoms with Crippen LogP contribution in [0.25, 0.3) is 16.7 Å². The first kappa shape index (κ1) is 54.9. The molecular formula is C76H93BN2O. The Morgan fingerprint density at radius 3 is 1.54 bits per heavy atom. The van der Waals surface area contributed by atoms with Crippen LogP contribution >= 0.6 is 0 Å². The average molecular weight is 1060 g/mol. The largest absolute Gasteiger partial charge is 0.444 e. The second kappa shape index (κ2) is 17.4. The van der Waals surface area contributed by atoms with E-state index in [4.69, 9.17) is 4.42 Å². The van der Waals surface area contributed by atoms with E-state index >= 15 is 0 Å². The van der Waals surface area contributed by atoms with Crippen LogP contribution in [0.5, 0.6) is 0 Å². The van der Waals surface area contributed by atoms with Gasteiger partial charge in [-0.3, -0.25) is 4.90 Å². The first-order valence-corrected chi connectivity index (χ1v) is 30.8. The Balaban J connectivity index is 1.30. The number of anilines is 6. The number of rotatable bonds is 4. The molecule has 0 N–H and O–H groups in total. The number of benzene rings is 4. The predicted molar refractivity (Wildman–Crippen MR) is 344 cm³/mol. The molecule has 5 aromatic carbocycles. The van der Waals surface area contributed by atoms with Crippen molar-refractivity contribution >= 4 is 63.0 Å². The second-order valence-electron chi connectivity index (χ2n) is 32.8. The Morgan fingerprint density at radius 1 is 0.487 bits per heavy atom. The fourth-order valence-corrected chi connectivity index (χ4v) is 15.0. The van der Waals surface area contributed by atoms with Crippen molar-refractivity contribution in [3.05, 3.63) is 153 Å². The van der Waals surface area contributed by atoms with E-state index in [1.807, 2.05) is 0 Å². The van der Waals surface area contributed by atoms with E-state index in [9.17, 15) is 0 Å². The molecule has 0 atom stereocenters. The van der Waals surface area contributed by atoms with Crippen LogP contribution in [0.2, 0.25) is 0 Å². The van der Waals surface area contributed by atoms with Gasteiger partial charge >= 0.3 is 0 Å². The lowest BCUT2D eigenvalue weighted by Crippen LogP contribution is -2.63. The standard InChI is InChI=1S/C76H93BN2O/c1-68(2,3)48-27-29-51(30-28-48)79-62-38-47(54-43-56-55(71(10,11)31-32-72(56,12)13)42-53(54)46-25-23-22-24-26-46)37-61-64(62)77(65-63-66(80-67(65)79)76(20,21)36-35-75(63,18)19)59-44-57-58(74(16,17)34-33-73(57,14)15)45-60(59)78(61)52-40-49(69(4,5)6)39-50(41-52)70(7,8)9/h23,25-27,29,37-45H,22,24,31-36H2,1-21H3. The monoisotopic (exact) mass is 1060 g/mol. The number of hydrogen-bond donors (Lipinski definition) is 0. The first-order chi connectivity index (χ1) is 37.0. The highest BCUT2D eigenvalue weighted by Gasteiger charge is 2.54. The smallest absolute Gasteiger partial charge is 0.256 e. The molecule has 0 bridgehead atoms. The fourth-order valence-electron chi connectivity index (χ4n) is 15.0. The van der Waals surface area contributed by atoms with E-state index < -0.39 is 0 Å². The van der Waals surface area contributed by atoms with Gasteiger partial charge in [-0.15, -0.1) is 0 Å². The van der Waals surface area contributed by atoms with Gasteiger partial charge in [-0.1, -0.05) is 182 Å². The number of hydrogen-bond acceptors (Lipinski definition) is 3. The zero-order chi connectivity index (χ0) is 57.6. The highest BCUT2D eigenvalue weighted by molar-refractivity contribution is 7.00. The molecule has 3 heterocycles. The molecule has 1 aromatic heterocycles. The Bertz CT molecular complexity index is 3580. The highest BCUT2D eigenvalue weighted by atomic mass is 16.4. The molecule has 6 aliphatic rings. The van der Waals surface area contributed by atoms with Crippen LogP contribution in [0.1, 0.15) is 253 Å². The van der Waals surface area contributed by atoms with Crippen LogP contribution < -0.4 is 26.2 Å². The summed E-state index contributed by atoms with van der Waals surface area (Å²) >= 11 is 0. The molecule has 416 valence electrons. The maximum absolute atomic E-state index is 7.87. The Kier molecular flexibility index (Phi) is 12.0. The topological polar surface area (TPSA) is 19.6 Å². The number of nitrogens with zero attached hydrogens (tertiary/aromatic N) is 2. The van der Waals surface area contributed by atoms with Crippen molar-refractivity contribution in [1.82, 2.24) is 0 Å². The quantitative estimate of drug-likeness (QED) is 0.164. The predicted octanol–water partition coefficient (Wildman–Crippen LogP) is 19.3. The van der Waals surface area contributed by atoms with Gasteiger partial charge in [-0.2, -0.15) is 0 Å². The van der Waals surface area contributed by atoms with Crippen LogP contribution in [0.4, 0.5) is 34.3 Å². The molecule has 3 nitrogen and oxygen atoms in total. The van der Waals surface area contributed by atoms with Crippen LogP contribution in [0, 0.1) is 12.1 Å². The lowest BCUT2D eigenvalue weighted by Gasteiger charge is -2.47. The summed E-state index contributed by atoms with van der Waals surface area (Å²) < 4.78 is 7.87. The molecular weight excluding hydrogens is 968 g/mol. The van der Waals surface area contributed by atoms with E-state index in [0.717, 1.165) is 73.5 Å². The van der Waals surface area contributed by atoms with Crippen molar-refractivity contribution in [2.24, 2.45) is 0 Å². The summed E-state index contributed by atoms with van der Waals surface area (Å²) in [4.78, 5) is 5.26. The van der Waals surface area contributed by atoms with E-state index in [0.29, 0.717) is 0 Å². The second-order valence-corrected chi connectivity index (χ2v) is 32.8. The molecule has 80 heavy (non-hydrogen) atoms. The van der Waals surface area contributed by atoms with Gasteiger partial charge in [0.1, 0.15) is 5.76 Å². The summed E-state index contributed by atoms with van der Waals surface area (Å²) in [7, 11) is 0. The summed E-state index contributed by atoms with van der Waals surface area (Å²) in [6, 6.07) is 35.7. The number of allylic oxidation sites excluding steroid dienone is 4. The van der Waals surface area contributed by atoms with Crippen molar-refractivity contribution in [3.8, 4) is 11.1 Å². The van der Waals surface area contributed by atoms with Crippen molar-refractivity contribution < 1.29 is 4.42 Å². The average Bonchev–Trinajstić information content (AvgIpc) is 3.80. The van der Waals surface area contributed by atoms with Crippen LogP contribution in [0.3, 0.4) is 0 Å². The fraction of sp³-hybridized carbons (Fsp3) is 0.500. The van der Waals surface area contributed by atoms with Gasteiger partial charge in [0, 0.05) is 33.7 Å². The zero-order valence-corrected chi connectivity index (χ0v) is 53.1. The molecule has 0 fully saturated rings. The molecule has 4 aliphatic carbocycles.